The van der Waals surface area contributed by atoms with Gasteiger partial charge in [-0.05, 0) is 41.9 Å². The summed E-state index contributed by atoms with van der Waals surface area (Å²) in [5.74, 6) is 1.05. The van der Waals surface area contributed by atoms with Crippen LogP contribution in [-0.2, 0) is 6.42 Å². The molecule has 3 rings (SSSR count). The molecule has 102 valence electrons. The van der Waals surface area contributed by atoms with E-state index in [2.05, 4.69) is 68.4 Å². The average Bonchev–Trinajstić information content (AvgIpc) is 2.67. The van der Waals surface area contributed by atoms with Gasteiger partial charge in [0.15, 0.2) is 0 Å². The van der Waals surface area contributed by atoms with Crippen LogP contribution in [0.15, 0.2) is 59.6 Å². The molecule has 2 aromatic rings. The molecule has 0 amide bonds. The molecule has 1 unspecified atom stereocenters. The topological polar surface area (TPSA) is 12.4 Å². The van der Waals surface area contributed by atoms with Crippen molar-refractivity contribution in [2.75, 3.05) is 0 Å². The smallest absolute Gasteiger partial charge is 0.0661 e. The Hall–Kier alpha value is -1.89. The first-order valence-electron chi connectivity index (χ1n) is 7.44. The summed E-state index contributed by atoms with van der Waals surface area (Å²) >= 11 is 0. The van der Waals surface area contributed by atoms with Gasteiger partial charge >= 0.3 is 0 Å². The lowest BCUT2D eigenvalue weighted by Gasteiger charge is -2.17. The maximum Gasteiger partial charge on any atom is 0.0661 e. The van der Waals surface area contributed by atoms with Gasteiger partial charge in [0.2, 0.25) is 0 Å². The van der Waals surface area contributed by atoms with Crippen molar-refractivity contribution in [2.24, 2.45) is 10.9 Å². The van der Waals surface area contributed by atoms with Crippen LogP contribution in [0.2, 0.25) is 0 Å². The molecule has 0 aliphatic carbocycles. The minimum absolute atomic E-state index is 0.507. The Bertz CT molecular complexity index is 611. The van der Waals surface area contributed by atoms with Gasteiger partial charge in [0.05, 0.1) is 5.69 Å². The highest BCUT2D eigenvalue weighted by atomic mass is 14.8. The predicted molar refractivity (Wildman–Crippen MR) is 85.9 cm³/mol. The molecule has 1 aliphatic rings. The third-order valence-electron chi connectivity index (χ3n) is 4.11. The van der Waals surface area contributed by atoms with Crippen LogP contribution in [0.5, 0.6) is 0 Å². The van der Waals surface area contributed by atoms with Crippen LogP contribution in [-0.4, -0.2) is 5.71 Å². The molecule has 1 atom stereocenters. The summed E-state index contributed by atoms with van der Waals surface area (Å²) < 4.78 is 0. The Labute approximate surface area is 121 Å². The molecule has 0 spiro atoms. The molecule has 0 aromatic heterocycles. The van der Waals surface area contributed by atoms with Gasteiger partial charge < -0.3 is 0 Å². The lowest BCUT2D eigenvalue weighted by Crippen LogP contribution is -2.12. The van der Waals surface area contributed by atoms with Gasteiger partial charge in [0.1, 0.15) is 0 Å². The molecule has 0 fully saturated rings. The number of aliphatic imine (C=N–C) groups is 1. The zero-order valence-corrected chi connectivity index (χ0v) is 12.2. The summed E-state index contributed by atoms with van der Waals surface area (Å²) in [6.07, 6.45) is 2.15. The van der Waals surface area contributed by atoms with Crippen LogP contribution in [0.4, 0.5) is 5.69 Å². The fourth-order valence-corrected chi connectivity index (χ4v) is 2.91. The Balaban J connectivity index is 2.03. The zero-order chi connectivity index (χ0) is 13.9. The third kappa shape index (κ3) is 2.67. The van der Waals surface area contributed by atoms with Crippen LogP contribution < -0.4 is 0 Å². The van der Waals surface area contributed by atoms with Crippen LogP contribution in [0.25, 0.3) is 0 Å². The summed E-state index contributed by atoms with van der Waals surface area (Å²) in [5, 5.41) is 0. The van der Waals surface area contributed by atoms with E-state index in [9.17, 15) is 0 Å². The number of para-hydroxylation sites is 1. The monoisotopic (exact) mass is 263 g/mol. The second-order valence-electron chi connectivity index (χ2n) is 5.90. The molecular weight excluding hydrogens is 242 g/mol. The van der Waals surface area contributed by atoms with Crippen molar-refractivity contribution in [2.45, 2.75) is 32.6 Å². The quantitative estimate of drug-likeness (QED) is 0.711. The van der Waals surface area contributed by atoms with Crippen LogP contribution in [0.3, 0.4) is 0 Å². The number of nitrogens with zero attached hydrogens (tertiary/aromatic N) is 1. The summed E-state index contributed by atoms with van der Waals surface area (Å²) in [4.78, 5) is 4.93. The largest absolute Gasteiger partial charge is 0.257 e. The standard InChI is InChI=1S/C19H21N/c1-14(2)19-13-17(15-8-4-3-5-9-15)12-16-10-6-7-11-18(16)20-19/h3-11,14,17H,12-13H2,1-2H3. The van der Waals surface area contributed by atoms with Crippen molar-refractivity contribution in [3.8, 4) is 0 Å². The first-order valence-corrected chi connectivity index (χ1v) is 7.44. The van der Waals surface area contributed by atoms with Crippen LogP contribution in [0.1, 0.15) is 37.3 Å². The summed E-state index contributed by atoms with van der Waals surface area (Å²) in [6, 6.07) is 19.4. The van der Waals surface area contributed by atoms with Gasteiger partial charge in [0, 0.05) is 5.71 Å². The highest BCUT2D eigenvalue weighted by Gasteiger charge is 2.21. The fourth-order valence-electron chi connectivity index (χ4n) is 2.91. The molecule has 0 saturated heterocycles. The summed E-state index contributed by atoms with van der Waals surface area (Å²) in [6.45, 7) is 4.49. The van der Waals surface area contributed by atoms with E-state index in [1.165, 1.54) is 16.8 Å². The number of benzene rings is 2. The molecule has 2 aromatic carbocycles. The van der Waals surface area contributed by atoms with Gasteiger partial charge in [0.25, 0.3) is 0 Å². The maximum absolute atomic E-state index is 4.93. The van der Waals surface area contributed by atoms with Crippen LogP contribution >= 0.6 is 0 Å². The number of rotatable bonds is 2. The second-order valence-corrected chi connectivity index (χ2v) is 5.90. The van der Waals surface area contributed by atoms with E-state index in [1.807, 2.05) is 0 Å². The second kappa shape index (κ2) is 5.62. The number of hydrogen-bond acceptors (Lipinski definition) is 1. The lowest BCUT2D eigenvalue weighted by molar-refractivity contribution is 0.698. The Kier molecular flexibility index (Phi) is 3.68. The lowest BCUT2D eigenvalue weighted by atomic mass is 9.86. The van der Waals surface area contributed by atoms with E-state index >= 15 is 0 Å². The van der Waals surface area contributed by atoms with Crippen molar-refractivity contribution in [3.63, 3.8) is 0 Å². The van der Waals surface area contributed by atoms with E-state index in [0.29, 0.717) is 11.8 Å². The van der Waals surface area contributed by atoms with Crippen molar-refractivity contribution < 1.29 is 0 Å². The van der Waals surface area contributed by atoms with Gasteiger partial charge in [-0.25, -0.2) is 0 Å². The highest BCUT2D eigenvalue weighted by molar-refractivity contribution is 5.90. The minimum atomic E-state index is 0.507. The van der Waals surface area contributed by atoms with E-state index in [-0.39, 0.29) is 0 Å². The van der Waals surface area contributed by atoms with Gasteiger partial charge in [-0.1, -0.05) is 62.4 Å². The highest BCUT2D eigenvalue weighted by Crippen LogP contribution is 2.34. The Morgan fingerprint density at radius 2 is 1.60 bits per heavy atom. The normalized spacial score (nSPS) is 18.4. The molecule has 1 aliphatic heterocycles. The molecule has 1 heteroatoms. The van der Waals surface area contributed by atoms with Gasteiger partial charge in [-0.15, -0.1) is 0 Å². The molecule has 0 bridgehead atoms. The van der Waals surface area contributed by atoms with E-state index in [0.717, 1.165) is 18.5 Å². The number of fused-ring (bicyclic) bond motifs is 1. The van der Waals surface area contributed by atoms with E-state index < -0.39 is 0 Å². The Morgan fingerprint density at radius 1 is 0.900 bits per heavy atom. The zero-order valence-electron chi connectivity index (χ0n) is 12.2. The van der Waals surface area contributed by atoms with Gasteiger partial charge in [-0.2, -0.15) is 0 Å². The molecule has 20 heavy (non-hydrogen) atoms. The van der Waals surface area contributed by atoms with E-state index in [1.54, 1.807) is 0 Å². The van der Waals surface area contributed by atoms with Crippen molar-refractivity contribution in [3.05, 3.63) is 65.7 Å². The van der Waals surface area contributed by atoms with E-state index in [4.69, 9.17) is 4.99 Å². The fraction of sp³-hybridized carbons (Fsp3) is 0.316. The SMILES string of the molecule is CC(C)C1=Nc2ccccc2CC(c2ccccc2)C1. The number of hydrogen-bond donors (Lipinski definition) is 0. The molecule has 1 heterocycles. The van der Waals surface area contributed by atoms with Crippen molar-refractivity contribution in [1.29, 1.82) is 0 Å². The average molecular weight is 263 g/mol. The molecule has 0 saturated carbocycles. The van der Waals surface area contributed by atoms with Gasteiger partial charge in [-0.3, -0.25) is 4.99 Å². The first-order chi connectivity index (χ1) is 9.74. The summed E-state index contributed by atoms with van der Waals surface area (Å²) in [5.41, 5.74) is 5.29. The molecular formula is C19H21N. The third-order valence-corrected chi connectivity index (χ3v) is 4.11. The molecule has 1 nitrogen and oxygen atoms in total. The predicted octanol–water partition coefficient (Wildman–Crippen LogP) is 5.15. The Morgan fingerprint density at radius 3 is 2.35 bits per heavy atom. The van der Waals surface area contributed by atoms with Crippen molar-refractivity contribution in [1.82, 2.24) is 0 Å². The maximum atomic E-state index is 4.93. The van der Waals surface area contributed by atoms with Crippen molar-refractivity contribution >= 4 is 11.4 Å². The van der Waals surface area contributed by atoms with Crippen LogP contribution in [0, 0.1) is 5.92 Å². The molecule has 0 radical (unpaired) electrons. The molecule has 0 N–H and O–H groups in total. The summed E-state index contributed by atoms with van der Waals surface area (Å²) in [7, 11) is 0. The first kappa shape index (κ1) is 13.1. The minimum Gasteiger partial charge on any atom is -0.257 e.